The van der Waals surface area contributed by atoms with Crippen molar-refractivity contribution in [1.82, 2.24) is 0 Å². The molecule has 2 amide bonds. The fourth-order valence-corrected chi connectivity index (χ4v) is 2.11. The lowest BCUT2D eigenvalue weighted by molar-refractivity contribution is -0.116. The average Bonchev–Trinajstić information content (AvgIpc) is 2.48. The molecule has 4 heteroatoms. The normalized spacial score (nSPS) is 11.7. The Morgan fingerprint density at radius 3 is 2.24 bits per heavy atom. The third kappa shape index (κ3) is 4.18. The highest BCUT2D eigenvalue weighted by Gasteiger charge is 2.11. The van der Waals surface area contributed by atoms with E-state index in [9.17, 15) is 9.59 Å². The van der Waals surface area contributed by atoms with Crippen molar-refractivity contribution in [1.29, 1.82) is 0 Å². The molecule has 3 N–H and O–H groups in total. The summed E-state index contributed by atoms with van der Waals surface area (Å²) in [6.45, 7) is 2.02. The SMILES string of the molecule is C[C@H](CC(=O)Nc1ccc(C(N)=O)cc1)c1ccccc1. The van der Waals surface area contributed by atoms with E-state index < -0.39 is 5.91 Å². The minimum absolute atomic E-state index is 0.0572. The van der Waals surface area contributed by atoms with Crippen molar-refractivity contribution in [3.63, 3.8) is 0 Å². The Morgan fingerprint density at radius 2 is 1.67 bits per heavy atom. The Labute approximate surface area is 124 Å². The van der Waals surface area contributed by atoms with Gasteiger partial charge in [-0.25, -0.2) is 0 Å². The Balaban J connectivity index is 1.94. The van der Waals surface area contributed by atoms with E-state index >= 15 is 0 Å². The average molecular weight is 282 g/mol. The number of carbonyl (C=O) groups excluding carboxylic acids is 2. The predicted molar refractivity (Wildman–Crippen MR) is 83.1 cm³/mol. The Hall–Kier alpha value is -2.62. The van der Waals surface area contributed by atoms with E-state index in [0.29, 0.717) is 17.7 Å². The number of amides is 2. The molecule has 0 aliphatic rings. The van der Waals surface area contributed by atoms with Gasteiger partial charge in [0.2, 0.25) is 11.8 Å². The van der Waals surface area contributed by atoms with Gasteiger partial charge in [-0.2, -0.15) is 0 Å². The van der Waals surface area contributed by atoms with Crippen LogP contribution in [0, 0.1) is 0 Å². The van der Waals surface area contributed by atoms with Gasteiger partial charge in [-0.05, 0) is 35.7 Å². The number of hydrogen-bond acceptors (Lipinski definition) is 2. The highest BCUT2D eigenvalue weighted by Crippen LogP contribution is 2.19. The van der Waals surface area contributed by atoms with Crippen LogP contribution in [0.4, 0.5) is 5.69 Å². The van der Waals surface area contributed by atoms with Crippen LogP contribution in [-0.2, 0) is 4.79 Å². The highest BCUT2D eigenvalue weighted by atomic mass is 16.2. The van der Waals surface area contributed by atoms with Crippen LogP contribution in [-0.4, -0.2) is 11.8 Å². The first-order chi connectivity index (χ1) is 10.1. The number of hydrogen-bond donors (Lipinski definition) is 2. The smallest absolute Gasteiger partial charge is 0.248 e. The van der Waals surface area contributed by atoms with Crippen molar-refractivity contribution in [2.75, 3.05) is 5.32 Å². The standard InChI is InChI=1S/C17H18N2O2/c1-12(13-5-3-2-4-6-13)11-16(20)19-15-9-7-14(8-10-15)17(18)21/h2-10,12H,11H2,1H3,(H2,18,21)(H,19,20)/t12-/m1/s1. The van der Waals surface area contributed by atoms with Crippen molar-refractivity contribution < 1.29 is 9.59 Å². The van der Waals surface area contributed by atoms with E-state index in [1.165, 1.54) is 0 Å². The summed E-state index contributed by atoms with van der Waals surface area (Å²) in [6.07, 6.45) is 0.404. The first-order valence-electron chi connectivity index (χ1n) is 6.81. The molecule has 0 bridgehead atoms. The number of anilines is 1. The molecule has 2 rings (SSSR count). The van der Waals surface area contributed by atoms with Gasteiger partial charge in [-0.15, -0.1) is 0 Å². The third-order valence-corrected chi connectivity index (χ3v) is 3.31. The molecule has 4 nitrogen and oxygen atoms in total. The van der Waals surface area contributed by atoms with E-state index in [1.54, 1.807) is 24.3 Å². The monoisotopic (exact) mass is 282 g/mol. The fourth-order valence-electron chi connectivity index (χ4n) is 2.11. The summed E-state index contributed by atoms with van der Waals surface area (Å²) in [6, 6.07) is 16.4. The van der Waals surface area contributed by atoms with Gasteiger partial charge in [0.1, 0.15) is 0 Å². The molecule has 0 aliphatic carbocycles. The Morgan fingerprint density at radius 1 is 1.05 bits per heavy atom. The molecule has 0 heterocycles. The van der Waals surface area contributed by atoms with Crippen molar-refractivity contribution >= 4 is 17.5 Å². The van der Waals surface area contributed by atoms with Crippen LogP contribution in [0.5, 0.6) is 0 Å². The molecule has 0 spiro atoms. The highest BCUT2D eigenvalue weighted by molar-refractivity contribution is 5.94. The summed E-state index contributed by atoms with van der Waals surface area (Å²) in [5, 5.41) is 2.82. The molecular formula is C17H18N2O2. The van der Waals surface area contributed by atoms with Crippen molar-refractivity contribution in [3.8, 4) is 0 Å². The number of rotatable bonds is 5. The maximum Gasteiger partial charge on any atom is 0.248 e. The van der Waals surface area contributed by atoms with Gasteiger partial charge in [0.15, 0.2) is 0 Å². The Kier molecular flexibility index (Phi) is 4.72. The molecule has 1 atom stereocenters. The van der Waals surface area contributed by atoms with E-state index in [2.05, 4.69) is 5.32 Å². The number of primary amides is 1. The summed E-state index contributed by atoms with van der Waals surface area (Å²) in [5.74, 6) is -0.389. The number of benzene rings is 2. The molecule has 2 aromatic rings. The maximum atomic E-state index is 12.0. The van der Waals surface area contributed by atoms with Crippen LogP contribution in [0.3, 0.4) is 0 Å². The zero-order valence-electron chi connectivity index (χ0n) is 11.9. The van der Waals surface area contributed by atoms with E-state index in [-0.39, 0.29) is 11.8 Å². The molecule has 0 saturated carbocycles. The van der Waals surface area contributed by atoms with Gasteiger partial charge in [0.25, 0.3) is 0 Å². The van der Waals surface area contributed by atoms with Crippen LogP contribution in [0.2, 0.25) is 0 Å². The summed E-state index contributed by atoms with van der Waals surface area (Å²) in [5.41, 5.74) is 7.38. The lowest BCUT2D eigenvalue weighted by Crippen LogP contribution is -2.15. The van der Waals surface area contributed by atoms with Crippen LogP contribution in [0.1, 0.15) is 35.2 Å². The van der Waals surface area contributed by atoms with Crippen molar-refractivity contribution in [2.45, 2.75) is 19.3 Å². The second kappa shape index (κ2) is 6.70. The van der Waals surface area contributed by atoms with Crippen LogP contribution in [0.25, 0.3) is 0 Å². The molecule has 0 unspecified atom stereocenters. The van der Waals surface area contributed by atoms with Crippen molar-refractivity contribution in [2.24, 2.45) is 5.73 Å². The fraction of sp³-hybridized carbons (Fsp3) is 0.176. The summed E-state index contributed by atoms with van der Waals surface area (Å²) in [7, 11) is 0. The van der Waals surface area contributed by atoms with Gasteiger partial charge in [-0.1, -0.05) is 37.3 Å². The zero-order valence-corrected chi connectivity index (χ0v) is 11.9. The Bertz CT molecular complexity index is 621. The first kappa shape index (κ1) is 14.8. The second-order valence-electron chi connectivity index (χ2n) is 5.01. The predicted octanol–water partition coefficient (Wildman–Crippen LogP) is 2.92. The molecule has 0 radical (unpaired) electrons. The van der Waals surface area contributed by atoms with E-state index in [4.69, 9.17) is 5.73 Å². The van der Waals surface area contributed by atoms with E-state index in [1.807, 2.05) is 37.3 Å². The van der Waals surface area contributed by atoms with E-state index in [0.717, 1.165) is 5.56 Å². The van der Waals surface area contributed by atoms with Gasteiger partial charge in [0.05, 0.1) is 0 Å². The van der Waals surface area contributed by atoms with Gasteiger partial charge in [-0.3, -0.25) is 9.59 Å². The van der Waals surface area contributed by atoms with Crippen LogP contribution >= 0.6 is 0 Å². The summed E-state index contributed by atoms with van der Waals surface area (Å²) >= 11 is 0. The molecule has 21 heavy (non-hydrogen) atoms. The lowest BCUT2D eigenvalue weighted by atomic mass is 9.97. The molecule has 0 fully saturated rings. The zero-order chi connectivity index (χ0) is 15.2. The minimum atomic E-state index is -0.481. The van der Waals surface area contributed by atoms with Gasteiger partial charge in [0, 0.05) is 17.7 Å². The van der Waals surface area contributed by atoms with Gasteiger partial charge >= 0.3 is 0 Å². The molecule has 0 aliphatic heterocycles. The van der Waals surface area contributed by atoms with Crippen LogP contribution < -0.4 is 11.1 Å². The quantitative estimate of drug-likeness (QED) is 0.885. The molecule has 108 valence electrons. The van der Waals surface area contributed by atoms with Gasteiger partial charge < -0.3 is 11.1 Å². The number of nitrogens with one attached hydrogen (secondary N) is 1. The first-order valence-corrected chi connectivity index (χ1v) is 6.81. The number of carbonyl (C=O) groups is 2. The second-order valence-corrected chi connectivity index (χ2v) is 5.01. The van der Waals surface area contributed by atoms with Crippen LogP contribution in [0.15, 0.2) is 54.6 Å². The molecule has 0 aromatic heterocycles. The minimum Gasteiger partial charge on any atom is -0.366 e. The summed E-state index contributed by atoms with van der Waals surface area (Å²) in [4.78, 5) is 23.0. The molecule has 0 saturated heterocycles. The topological polar surface area (TPSA) is 72.2 Å². The molecule has 2 aromatic carbocycles. The maximum absolute atomic E-state index is 12.0. The summed E-state index contributed by atoms with van der Waals surface area (Å²) < 4.78 is 0. The van der Waals surface area contributed by atoms with Crippen molar-refractivity contribution in [3.05, 3.63) is 65.7 Å². The number of nitrogens with two attached hydrogens (primary N) is 1. The molecular weight excluding hydrogens is 264 g/mol. The third-order valence-electron chi connectivity index (χ3n) is 3.31. The largest absolute Gasteiger partial charge is 0.366 e. The lowest BCUT2D eigenvalue weighted by Gasteiger charge is -2.12.